The first kappa shape index (κ1) is 14.5. The lowest BCUT2D eigenvalue weighted by Crippen LogP contribution is -2.36. The van der Waals surface area contributed by atoms with Gasteiger partial charge in [-0.1, -0.05) is 18.2 Å². The summed E-state index contributed by atoms with van der Waals surface area (Å²) in [5.41, 5.74) is 2.50. The van der Waals surface area contributed by atoms with Crippen LogP contribution in [0.3, 0.4) is 0 Å². The number of aryl methyl sites for hydroxylation is 1. The van der Waals surface area contributed by atoms with Gasteiger partial charge in [0.1, 0.15) is 0 Å². The van der Waals surface area contributed by atoms with E-state index in [9.17, 15) is 0 Å². The molecule has 1 N–H and O–H groups in total. The molecule has 0 saturated carbocycles. The third-order valence-corrected chi connectivity index (χ3v) is 2.97. The maximum absolute atomic E-state index is 9.08. The summed E-state index contributed by atoms with van der Waals surface area (Å²) in [6.45, 7) is 7.12. The zero-order chi connectivity index (χ0) is 13.5. The molecule has 0 fully saturated rings. The van der Waals surface area contributed by atoms with Gasteiger partial charge in [-0.2, -0.15) is 5.26 Å². The smallest absolute Gasteiger partial charge is 0.0971 e. The minimum atomic E-state index is -0.0727. The second-order valence-electron chi connectivity index (χ2n) is 5.00. The molecule has 1 aromatic carbocycles. The van der Waals surface area contributed by atoms with Gasteiger partial charge >= 0.3 is 0 Å². The van der Waals surface area contributed by atoms with Crippen molar-refractivity contribution in [3.63, 3.8) is 0 Å². The van der Waals surface area contributed by atoms with Crippen molar-refractivity contribution in [2.75, 3.05) is 18.5 Å². The topological polar surface area (TPSA) is 39.1 Å². The zero-order valence-electron chi connectivity index (χ0n) is 11.8. The van der Waals surface area contributed by atoms with Gasteiger partial charge in [0.25, 0.3) is 0 Å². The van der Waals surface area contributed by atoms with Crippen molar-refractivity contribution in [1.29, 1.82) is 5.26 Å². The van der Waals surface area contributed by atoms with Gasteiger partial charge in [-0.3, -0.25) is 5.32 Å². The Morgan fingerprint density at radius 3 is 2.56 bits per heavy atom. The van der Waals surface area contributed by atoms with Crippen molar-refractivity contribution in [2.45, 2.75) is 39.3 Å². The fourth-order valence-electron chi connectivity index (χ4n) is 2.02. The van der Waals surface area contributed by atoms with Crippen molar-refractivity contribution >= 4 is 5.69 Å². The molecule has 0 aromatic heterocycles. The van der Waals surface area contributed by atoms with Crippen molar-refractivity contribution in [3.05, 3.63) is 29.8 Å². The lowest BCUT2D eigenvalue weighted by atomic mass is 10.1. The minimum absolute atomic E-state index is 0.0727. The Labute approximate surface area is 110 Å². The van der Waals surface area contributed by atoms with E-state index in [0.29, 0.717) is 6.04 Å². The fraction of sp³-hybridized carbons (Fsp3) is 0.533. The zero-order valence-corrected chi connectivity index (χ0v) is 11.8. The number of rotatable bonds is 6. The largest absolute Gasteiger partial charge is 0.374 e. The number of anilines is 1. The summed E-state index contributed by atoms with van der Waals surface area (Å²) in [5, 5.41) is 12.3. The van der Waals surface area contributed by atoms with Gasteiger partial charge in [-0.25, -0.2) is 0 Å². The average molecular weight is 245 g/mol. The molecule has 0 aliphatic carbocycles. The molecule has 1 rings (SSSR count). The van der Waals surface area contributed by atoms with E-state index in [1.54, 1.807) is 0 Å². The van der Waals surface area contributed by atoms with E-state index in [-0.39, 0.29) is 6.04 Å². The molecule has 0 heterocycles. The fourth-order valence-corrected chi connectivity index (χ4v) is 2.02. The maximum atomic E-state index is 9.08. The van der Waals surface area contributed by atoms with Gasteiger partial charge in [0.15, 0.2) is 0 Å². The number of nitrogens with one attached hydrogen (secondary N) is 1. The molecule has 0 saturated heterocycles. The lowest BCUT2D eigenvalue weighted by Gasteiger charge is -2.23. The third-order valence-electron chi connectivity index (χ3n) is 2.97. The Bertz CT molecular complexity index is 406. The third kappa shape index (κ3) is 4.38. The highest BCUT2D eigenvalue weighted by molar-refractivity contribution is 5.52. The molecule has 3 nitrogen and oxygen atoms in total. The van der Waals surface area contributed by atoms with Crippen molar-refractivity contribution in [2.24, 2.45) is 0 Å². The van der Waals surface area contributed by atoms with Gasteiger partial charge < -0.3 is 4.90 Å². The van der Waals surface area contributed by atoms with Crippen LogP contribution in [0.1, 0.15) is 25.8 Å². The van der Waals surface area contributed by atoms with Gasteiger partial charge in [0.2, 0.25) is 0 Å². The Balaban J connectivity index is 2.53. The van der Waals surface area contributed by atoms with E-state index in [1.807, 2.05) is 12.1 Å². The normalized spacial score (nSPS) is 12.2. The standard InChI is InChI=1S/C15H23N3/c1-12(2)17-14(11-16)9-10-18(4)15-8-6-5-7-13(15)3/h5-8,12,14,17H,9-10H2,1-4H3. The molecule has 1 unspecified atom stereocenters. The molecular weight excluding hydrogens is 222 g/mol. The molecule has 1 aromatic rings. The van der Waals surface area contributed by atoms with E-state index in [2.05, 4.69) is 56.2 Å². The summed E-state index contributed by atoms with van der Waals surface area (Å²) in [4.78, 5) is 2.21. The Morgan fingerprint density at radius 2 is 2.00 bits per heavy atom. The van der Waals surface area contributed by atoms with Gasteiger partial charge in [0, 0.05) is 25.3 Å². The molecular formula is C15H23N3. The molecule has 98 valence electrons. The molecule has 0 bridgehead atoms. The van der Waals surface area contributed by atoms with E-state index < -0.39 is 0 Å². The van der Waals surface area contributed by atoms with E-state index in [4.69, 9.17) is 5.26 Å². The highest BCUT2D eigenvalue weighted by Crippen LogP contribution is 2.18. The quantitative estimate of drug-likeness (QED) is 0.837. The lowest BCUT2D eigenvalue weighted by molar-refractivity contribution is 0.506. The Kier molecular flexibility index (Phi) is 5.67. The number of benzene rings is 1. The number of nitriles is 1. The molecule has 0 amide bonds. The monoisotopic (exact) mass is 245 g/mol. The van der Waals surface area contributed by atoms with E-state index >= 15 is 0 Å². The molecule has 0 aliphatic rings. The number of para-hydroxylation sites is 1. The molecule has 0 radical (unpaired) electrons. The first-order chi connectivity index (χ1) is 8.54. The maximum Gasteiger partial charge on any atom is 0.0971 e. The molecule has 3 heteroatoms. The Morgan fingerprint density at radius 1 is 1.33 bits per heavy atom. The van der Waals surface area contributed by atoms with Crippen LogP contribution in [-0.2, 0) is 0 Å². The summed E-state index contributed by atoms with van der Waals surface area (Å²) in [6.07, 6.45) is 0.833. The van der Waals surface area contributed by atoms with Crippen LogP contribution >= 0.6 is 0 Å². The predicted octanol–water partition coefficient (Wildman–Crippen LogP) is 2.71. The minimum Gasteiger partial charge on any atom is -0.374 e. The van der Waals surface area contributed by atoms with Crippen LogP contribution in [0.5, 0.6) is 0 Å². The summed E-state index contributed by atoms with van der Waals surface area (Å²) in [5.74, 6) is 0. The Hall–Kier alpha value is -1.53. The van der Waals surface area contributed by atoms with Crippen LogP contribution in [0.15, 0.2) is 24.3 Å². The first-order valence-electron chi connectivity index (χ1n) is 6.47. The average Bonchev–Trinajstić information content (AvgIpc) is 2.34. The summed E-state index contributed by atoms with van der Waals surface area (Å²) < 4.78 is 0. The van der Waals surface area contributed by atoms with Crippen LogP contribution in [0.2, 0.25) is 0 Å². The van der Waals surface area contributed by atoms with E-state index in [0.717, 1.165) is 13.0 Å². The van der Waals surface area contributed by atoms with E-state index in [1.165, 1.54) is 11.3 Å². The molecule has 1 atom stereocenters. The first-order valence-corrected chi connectivity index (χ1v) is 6.47. The van der Waals surface area contributed by atoms with Crippen LogP contribution in [0.4, 0.5) is 5.69 Å². The van der Waals surface area contributed by atoms with Crippen molar-refractivity contribution in [1.82, 2.24) is 5.32 Å². The second-order valence-corrected chi connectivity index (χ2v) is 5.00. The summed E-state index contributed by atoms with van der Waals surface area (Å²) in [7, 11) is 2.08. The van der Waals surface area contributed by atoms with Gasteiger partial charge in [-0.15, -0.1) is 0 Å². The van der Waals surface area contributed by atoms with Crippen molar-refractivity contribution < 1.29 is 0 Å². The summed E-state index contributed by atoms with van der Waals surface area (Å²) >= 11 is 0. The highest BCUT2D eigenvalue weighted by Gasteiger charge is 2.10. The molecule has 0 aliphatic heterocycles. The van der Waals surface area contributed by atoms with Crippen LogP contribution in [0, 0.1) is 18.3 Å². The number of nitrogens with zero attached hydrogens (tertiary/aromatic N) is 2. The van der Waals surface area contributed by atoms with Gasteiger partial charge in [-0.05, 0) is 38.8 Å². The number of hydrogen-bond donors (Lipinski definition) is 1. The van der Waals surface area contributed by atoms with Crippen LogP contribution in [-0.4, -0.2) is 25.7 Å². The predicted molar refractivity (Wildman–Crippen MR) is 76.7 cm³/mol. The second kappa shape index (κ2) is 7.03. The van der Waals surface area contributed by atoms with Crippen molar-refractivity contribution in [3.8, 4) is 6.07 Å². The SMILES string of the molecule is Cc1ccccc1N(C)CCC(C#N)NC(C)C. The number of hydrogen-bond acceptors (Lipinski definition) is 3. The van der Waals surface area contributed by atoms with Gasteiger partial charge in [0.05, 0.1) is 12.1 Å². The van der Waals surface area contributed by atoms with Crippen LogP contribution in [0.25, 0.3) is 0 Å². The summed E-state index contributed by atoms with van der Waals surface area (Å²) in [6, 6.07) is 10.9. The molecule has 0 spiro atoms. The highest BCUT2D eigenvalue weighted by atomic mass is 15.1. The molecule has 18 heavy (non-hydrogen) atoms. The van der Waals surface area contributed by atoms with Crippen LogP contribution < -0.4 is 10.2 Å².